The van der Waals surface area contributed by atoms with Gasteiger partial charge in [-0.25, -0.2) is 9.69 Å². The van der Waals surface area contributed by atoms with Crippen molar-refractivity contribution in [2.75, 3.05) is 20.8 Å². The molecule has 0 aromatic heterocycles. The molecule has 3 amide bonds. The molecule has 7 heteroatoms. The third kappa shape index (κ3) is 3.08. The molecule has 1 aliphatic carbocycles. The fraction of sp³-hybridized carbons (Fsp3) is 0.529. The summed E-state index contributed by atoms with van der Waals surface area (Å²) >= 11 is 6.05. The maximum absolute atomic E-state index is 12.7. The molecule has 1 saturated carbocycles. The van der Waals surface area contributed by atoms with Crippen molar-refractivity contribution in [2.24, 2.45) is 5.92 Å². The number of halogens is 1. The molecule has 0 bridgehead atoms. The molecular weight excluding hydrogens is 330 g/mol. The standard InChI is InChI=1S/C17H22ClN3O3/c1-17(12-4-5-12)15(22)21(16(23)19-17)10-20(2)9-11-8-13(18)6-7-14(11)24-3/h6-8,12H,4-5,9-10H2,1-3H3,(H,19,23)/t17-/m0/s1. The Balaban J connectivity index is 1.69. The predicted molar refractivity (Wildman–Crippen MR) is 90.8 cm³/mol. The first-order valence-corrected chi connectivity index (χ1v) is 8.38. The van der Waals surface area contributed by atoms with Crippen LogP contribution in [0.15, 0.2) is 18.2 Å². The fourth-order valence-electron chi connectivity index (χ4n) is 3.23. The second-order valence-corrected chi connectivity index (χ2v) is 7.19. The van der Waals surface area contributed by atoms with Gasteiger partial charge >= 0.3 is 6.03 Å². The highest BCUT2D eigenvalue weighted by Crippen LogP contribution is 2.42. The zero-order chi connectivity index (χ0) is 17.5. The highest BCUT2D eigenvalue weighted by Gasteiger charge is 2.56. The van der Waals surface area contributed by atoms with Crippen LogP contribution in [0.4, 0.5) is 4.79 Å². The lowest BCUT2D eigenvalue weighted by Gasteiger charge is -2.25. The molecule has 2 fully saturated rings. The van der Waals surface area contributed by atoms with Crippen LogP contribution in [0.3, 0.4) is 0 Å². The van der Waals surface area contributed by atoms with Crippen molar-refractivity contribution >= 4 is 23.5 Å². The number of urea groups is 1. The van der Waals surface area contributed by atoms with Crippen LogP contribution < -0.4 is 10.1 Å². The number of hydrogen-bond acceptors (Lipinski definition) is 4. The molecule has 130 valence electrons. The van der Waals surface area contributed by atoms with E-state index in [1.54, 1.807) is 13.2 Å². The van der Waals surface area contributed by atoms with Gasteiger partial charge in [-0.15, -0.1) is 0 Å². The first-order valence-electron chi connectivity index (χ1n) is 8.00. The van der Waals surface area contributed by atoms with Gasteiger partial charge in [0.25, 0.3) is 5.91 Å². The topological polar surface area (TPSA) is 61.9 Å². The summed E-state index contributed by atoms with van der Waals surface area (Å²) in [5, 5.41) is 3.48. The molecule has 0 spiro atoms. The summed E-state index contributed by atoms with van der Waals surface area (Å²) in [4.78, 5) is 28.1. The molecule has 1 saturated heterocycles. The van der Waals surface area contributed by atoms with Gasteiger partial charge in [0, 0.05) is 17.1 Å². The van der Waals surface area contributed by atoms with Gasteiger partial charge in [0.2, 0.25) is 0 Å². The predicted octanol–water partition coefficient (Wildman–Crippen LogP) is 2.46. The number of carbonyl (C=O) groups is 2. The Morgan fingerprint density at radius 2 is 2.12 bits per heavy atom. The highest BCUT2D eigenvalue weighted by atomic mass is 35.5. The maximum Gasteiger partial charge on any atom is 0.326 e. The maximum atomic E-state index is 12.7. The summed E-state index contributed by atoms with van der Waals surface area (Å²) in [7, 11) is 3.46. The van der Waals surface area contributed by atoms with Crippen molar-refractivity contribution in [3.63, 3.8) is 0 Å². The van der Waals surface area contributed by atoms with Gasteiger partial charge in [-0.05, 0) is 50.9 Å². The van der Waals surface area contributed by atoms with E-state index in [0.29, 0.717) is 11.6 Å². The van der Waals surface area contributed by atoms with Gasteiger partial charge in [0.05, 0.1) is 13.8 Å². The fourth-order valence-corrected chi connectivity index (χ4v) is 3.43. The molecular formula is C17H22ClN3O3. The average molecular weight is 352 g/mol. The van der Waals surface area contributed by atoms with E-state index in [9.17, 15) is 9.59 Å². The number of nitrogens with zero attached hydrogens (tertiary/aromatic N) is 2. The van der Waals surface area contributed by atoms with E-state index >= 15 is 0 Å². The van der Waals surface area contributed by atoms with Crippen LogP contribution in [0.2, 0.25) is 5.02 Å². The van der Waals surface area contributed by atoms with Crippen LogP contribution in [0.1, 0.15) is 25.3 Å². The van der Waals surface area contributed by atoms with E-state index in [0.717, 1.165) is 24.2 Å². The van der Waals surface area contributed by atoms with Crippen molar-refractivity contribution in [3.8, 4) is 5.75 Å². The smallest absolute Gasteiger partial charge is 0.326 e. The van der Waals surface area contributed by atoms with Crippen LogP contribution in [0.5, 0.6) is 5.75 Å². The minimum atomic E-state index is -0.744. The van der Waals surface area contributed by atoms with E-state index < -0.39 is 5.54 Å². The molecule has 1 aromatic carbocycles. The largest absolute Gasteiger partial charge is 0.496 e. The summed E-state index contributed by atoms with van der Waals surface area (Å²) in [6, 6.07) is 5.09. The molecule has 3 rings (SSSR count). The van der Waals surface area contributed by atoms with E-state index in [2.05, 4.69) is 5.32 Å². The molecule has 0 radical (unpaired) electrons. The summed E-state index contributed by atoms with van der Waals surface area (Å²) in [5.74, 6) is 0.850. The van der Waals surface area contributed by atoms with E-state index in [-0.39, 0.29) is 24.5 Å². The number of amides is 3. The molecule has 2 aliphatic rings. The molecule has 1 heterocycles. The van der Waals surface area contributed by atoms with Crippen molar-refractivity contribution in [3.05, 3.63) is 28.8 Å². The van der Waals surface area contributed by atoms with Gasteiger partial charge in [-0.2, -0.15) is 0 Å². The van der Waals surface area contributed by atoms with Gasteiger partial charge in [-0.3, -0.25) is 9.69 Å². The Hall–Kier alpha value is -1.79. The number of ether oxygens (including phenoxy) is 1. The average Bonchev–Trinajstić information content (AvgIpc) is 3.34. The van der Waals surface area contributed by atoms with Crippen molar-refractivity contribution < 1.29 is 14.3 Å². The van der Waals surface area contributed by atoms with Crippen molar-refractivity contribution in [1.82, 2.24) is 15.1 Å². The van der Waals surface area contributed by atoms with Crippen LogP contribution in [0.25, 0.3) is 0 Å². The minimum absolute atomic E-state index is 0.139. The Morgan fingerprint density at radius 3 is 2.75 bits per heavy atom. The first-order chi connectivity index (χ1) is 11.3. The number of carbonyl (C=O) groups excluding carboxylic acids is 2. The van der Waals surface area contributed by atoms with Crippen molar-refractivity contribution in [1.29, 1.82) is 0 Å². The van der Waals surface area contributed by atoms with E-state index in [4.69, 9.17) is 16.3 Å². The molecule has 6 nitrogen and oxygen atoms in total. The van der Waals surface area contributed by atoms with Gasteiger partial charge in [0.15, 0.2) is 0 Å². The number of nitrogens with one attached hydrogen (secondary N) is 1. The van der Waals surface area contributed by atoms with Gasteiger partial charge < -0.3 is 10.1 Å². The summed E-state index contributed by atoms with van der Waals surface area (Å²) in [6.07, 6.45) is 1.98. The van der Waals surface area contributed by atoms with Crippen LogP contribution in [-0.2, 0) is 11.3 Å². The second-order valence-electron chi connectivity index (χ2n) is 6.75. The zero-order valence-corrected chi connectivity index (χ0v) is 14.9. The Bertz CT molecular complexity index is 677. The normalized spacial score (nSPS) is 23.8. The number of hydrogen-bond donors (Lipinski definition) is 1. The van der Waals surface area contributed by atoms with Crippen LogP contribution >= 0.6 is 11.6 Å². The van der Waals surface area contributed by atoms with Crippen LogP contribution in [0, 0.1) is 5.92 Å². The lowest BCUT2D eigenvalue weighted by atomic mass is 9.96. The number of benzene rings is 1. The second kappa shape index (κ2) is 6.26. The summed E-state index contributed by atoms with van der Waals surface area (Å²) in [5.41, 5.74) is 0.163. The Labute approximate surface area is 146 Å². The minimum Gasteiger partial charge on any atom is -0.496 e. The SMILES string of the molecule is COc1ccc(Cl)cc1CN(C)CN1C(=O)N[C@@](C)(C2CC2)C1=O. The first kappa shape index (κ1) is 17.0. The molecule has 1 atom stereocenters. The molecule has 1 aromatic rings. The Morgan fingerprint density at radius 1 is 1.42 bits per heavy atom. The van der Waals surface area contributed by atoms with E-state index in [1.165, 1.54) is 4.90 Å². The molecule has 1 aliphatic heterocycles. The summed E-state index contributed by atoms with van der Waals surface area (Å²) < 4.78 is 5.34. The highest BCUT2D eigenvalue weighted by molar-refractivity contribution is 6.30. The molecule has 24 heavy (non-hydrogen) atoms. The van der Waals surface area contributed by atoms with Gasteiger partial charge in [-0.1, -0.05) is 11.6 Å². The quantitative estimate of drug-likeness (QED) is 0.800. The lowest BCUT2D eigenvalue weighted by Crippen LogP contribution is -2.46. The summed E-state index contributed by atoms with van der Waals surface area (Å²) in [6.45, 7) is 2.56. The number of imide groups is 1. The third-order valence-corrected chi connectivity index (χ3v) is 5.00. The lowest BCUT2D eigenvalue weighted by molar-refractivity contribution is -0.132. The van der Waals surface area contributed by atoms with Gasteiger partial charge in [0.1, 0.15) is 11.3 Å². The van der Waals surface area contributed by atoms with Crippen molar-refractivity contribution in [2.45, 2.75) is 31.8 Å². The molecule has 1 N–H and O–H groups in total. The number of rotatable bonds is 6. The Kier molecular flexibility index (Phi) is 4.44. The monoisotopic (exact) mass is 351 g/mol. The number of methoxy groups -OCH3 is 1. The zero-order valence-electron chi connectivity index (χ0n) is 14.1. The van der Waals surface area contributed by atoms with Crippen LogP contribution in [-0.4, -0.2) is 48.1 Å². The third-order valence-electron chi connectivity index (χ3n) is 4.76. The van der Waals surface area contributed by atoms with E-state index in [1.807, 2.05) is 31.0 Å². The molecule has 0 unspecified atom stereocenters.